The fourth-order valence-electron chi connectivity index (χ4n) is 1.95. The number of hydrogen-bond acceptors (Lipinski definition) is 4. The maximum Gasteiger partial charge on any atom is 0.338 e. The average molecular weight is 347 g/mol. The first-order chi connectivity index (χ1) is 11.9. The lowest BCUT2D eigenvalue weighted by atomic mass is 10.1. The van der Waals surface area contributed by atoms with Crippen LogP contribution in [0.4, 0.5) is 8.78 Å². The van der Waals surface area contributed by atoms with Crippen LogP contribution in [0.5, 0.6) is 0 Å². The predicted molar refractivity (Wildman–Crippen MR) is 84.9 cm³/mol. The van der Waals surface area contributed by atoms with Crippen molar-refractivity contribution < 1.29 is 27.9 Å². The molecular weight excluding hydrogens is 332 g/mol. The van der Waals surface area contributed by atoms with Gasteiger partial charge < -0.3 is 10.1 Å². The van der Waals surface area contributed by atoms with E-state index in [-0.39, 0.29) is 17.0 Å². The molecule has 2 aromatic carbocycles. The van der Waals surface area contributed by atoms with E-state index >= 15 is 0 Å². The maximum atomic E-state index is 13.1. The number of carbonyl (C=O) groups excluding carboxylic acids is 3. The quantitative estimate of drug-likeness (QED) is 0.644. The standard InChI is InChI=1S/C18H15F2NO4/c1-11(22)21-9-12-2-4-13(5-3-12)18(24)25-10-17(23)14-6-7-15(19)16(20)8-14/h2-8H,9-10H2,1H3,(H,21,22). The van der Waals surface area contributed by atoms with Crippen molar-refractivity contribution in [2.24, 2.45) is 0 Å². The SMILES string of the molecule is CC(=O)NCc1ccc(C(=O)OCC(=O)c2ccc(F)c(F)c2)cc1. The first-order valence-electron chi connectivity index (χ1n) is 7.35. The van der Waals surface area contributed by atoms with Gasteiger partial charge in [-0.3, -0.25) is 9.59 Å². The van der Waals surface area contributed by atoms with Gasteiger partial charge in [-0.15, -0.1) is 0 Å². The average Bonchev–Trinajstić information content (AvgIpc) is 2.60. The van der Waals surface area contributed by atoms with E-state index in [0.29, 0.717) is 6.54 Å². The number of rotatable bonds is 6. The smallest absolute Gasteiger partial charge is 0.338 e. The highest BCUT2D eigenvalue weighted by Crippen LogP contribution is 2.10. The summed E-state index contributed by atoms with van der Waals surface area (Å²) in [5.74, 6) is -3.74. The van der Waals surface area contributed by atoms with Gasteiger partial charge >= 0.3 is 5.97 Å². The zero-order chi connectivity index (χ0) is 18.4. The van der Waals surface area contributed by atoms with Crippen LogP contribution in [0.2, 0.25) is 0 Å². The Kier molecular flexibility index (Phi) is 5.94. The van der Waals surface area contributed by atoms with E-state index in [1.165, 1.54) is 19.1 Å². The molecule has 0 bridgehead atoms. The van der Waals surface area contributed by atoms with Crippen LogP contribution in [0.1, 0.15) is 33.2 Å². The minimum absolute atomic E-state index is 0.0858. The summed E-state index contributed by atoms with van der Waals surface area (Å²) in [5.41, 5.74) is 0.937. The molecule has 0 aliphatic rings. The van der Waals surface area contributed by atoms with E-state index in [1.807, 2.05) is 0 Å². The maximum absolute atomic E-state index is 13.1. The number of carbonyl (C=O) groups is 3. The van der Waals surface area contributed by atoms with Gasteiger partial charge in [0.25, 0.3) is 0 Å². The predicted octanol–water partition coefficient (Wildman–Crippen LogP) is 2.64. The van der Waals surface area contributed by atoms with Crippen LogP contribution in [0, 0.1) is 11.6 Å². The summed E-state index contributed by atoms with van der Waals surface area (Å²) in [7, 11) is 0. The first-order valence-corrected chi connectivity index (χ1v) is 7.35. The van der Waals surface area contributed by atoms with Crippen LogP contribution in [0.3, 0.4) is 0 Å². The van der Waals surface area contributed by atoms with Crippen molar-refractivity contribution in [2.75, 3.05) is 6.61 Å². The van der Waals surface area contributed by atoms with Crippen molar-refractivity contribution in [2.45, 2.75) is 13.5 Å². The van der Waals surface area contributed by atoms with Crippen LogP contribution in [-0.2, 0) is 16.1 Å². The number of esters is 1. The van der Waals surface area contributed by atoms with Gasteiger partial charge in [-0.05, 0) is 35.9 Å². The Morgan fingerprint density at radius 3 is 2.20 bits per heavy atom. The van der Waals surface area contributed by atoms with Gasteiger partial charge in [-0.25, -0.2) is 13.6 Å². The van der Waals surface area contributed by atoms with E-state index in [0.717, 1.165) is 23.8 Å². The van der Waals surface area contributed by atoms with Gasteiger partial charge in [0.2, 0.25) is 5.91 Å². The van der Waals surface area contributed by atoms with Gasteiger partial charge in [0, 0.05) is 19.0 Å². The summed E-state index contributed by atoms with van der Waals surface area (Å²) in [6, 6.07) is 8.99. The van der Waals surface area contributed by atoms with Gasteiger partial charge in [-0.1, -0.05) is 12.1 Å². The largest absolute Gasteiger partial charge is 0.454 e. The number of hydrogen-bond donors (Lipinski definition) is 1. The van der Waals surface area contributed by atoms with Gasteiger partial charge in [-0.2, -0.15) is 0 Å². The third-order valence-electron chi connectivity index (χ3n) is 3.31. The molecule has 2 aromatic rings. The first kappa shape index (κ1) is 18.3. The Morgan fingerprint density at radius 1 is 0.960 bits per heavy atom. The molecule has 0 atom stereocenters. The van der Waals surface area contributed by atoms with E-state index in [2.05, 4.69) is 5.32 Å². The molecule has 2 rings (SSSR count). The molecule has 25 heavy (non-hydrogen) atoms. The summed E-state index contributed by atoms with van der Waals surface area (Å²) in [6.45, 7) is 1.15. The molecule has 0 aliphatic heterocycles. The van der Waals surface area contributed by atoms with Crippen molar-refractivity contribution in [3.63, 3.8) is 0 Å². The van der Waals surface area contributed by atoms with Crippen molar-refractivity contribution >= 4 is 17.7 Å². The van der Waals surface area contributed by atoms with Crippen molar-refractivity contribution in [3.8, 4) is 0 Å². The van der Waals surface area contributed by atoms with E-state index in [1.54, 1.807) is 12.1 Å². The highest BCUT2D eigenvalue weighted by molar-refractivity contribution is 5.99. The number of Topliss-reactive ketones (excluding diaryl/α,β-unsaturated/α-hetero) is 1. The van der Waals surface area contributed by atoms with Crippen LogP contribution in [-0.4, -0.2) is 24.3 Å². The molecule has 0 aliphatic carbocycles. The third kappa shape index (κ3) is 5.20. The lowest BCUT2D eigenvalue weighted by Gasteiger charge is -2.06. The zero-order valence-electron chi connectivity index (χ0n) is 13.3. The minimum atomic E-state index is -1.15. The Balaban J connectivity index is 1.92. The number of ether oxygens (including phenoxy) is 1. The molecule has 1 amide bonds. The molecule has 130 valence electrons. The number of amides is 1. The number of halogens is 2. The Morgan fingerprint density at radius 2 is 1.60 bits per heavy atom. The highest BCUT2D eigenvalue weighted by atomic mass is 19.2. The van der Waals surface area contributed by atoms with E-state index < -0.39 is 30.0 Å². The molecule has 7 heteroatoms. The molecule has 0 spiro atoms. The second-order valence-corrected chi connectivity index (χ2v) is 5.23. The lowest BCUT2D eigenvalue weighted by Crippen LogP contribution is -2.19. The molecule has 0 heterocycles. The van der Waals surface area contributed by atoms with Gasteiger partial charge in [0.15, 0.2) is 24.0 Å². The Hall–Kier alpha value is -3.09. The fraction of sp³-hybridized carbons (Fsp3) is 0.167. The third-order valence-corrected chi connectivity index (χ3v) is 3.31. The Labute approximate surface area is 142 Å². The molecule has 0 saturated heterocycles. The molecule has 0 unspecified atom stereocenters. The van der Waals surface area contributed by atoms with Crippen LogP contribution < -0.4 is 5.32 Å². The number of ketones is 1. The summed E-state index contributed by atoms with van der Waals surface area (Å²) < 4.78 is 30.8. The molecule has 1 N–H and O–H groups in total. The molecule has 0 fully saturated rings. The summed E-state index contributed by atoms with van der Waals surface area (Å²) in [4.78, 5) is 34.6. The van der Waals surface area contributed by atoms with Crippen LogP contribution in [0.15, 0.2) is 42.5 Å². The normalized spacial score (nSPS) is 10.2. The Bertz CT molecular complexity index is 803. The van der Waals surface area contributed by atoms with Gasteiger partial charge in [0.05, 0.1) is 5.56 Å². The van der Waals surface area contributed by atoms with Crippen molar-refractivity contribution in [3.05, 3.63) is 70.8 Å². The summed E-state index contributed by atoms with van der Waals surface area (Å²) in [5, 5.41) is 2.62. The summed E-state index contributed by atoms with van der Waals surface area (Å²) in [6.07, 6.45) is 0. The molecule has 0 aromatic heterocycles. The second-order valence-electron chi connectivity index (χ2n) is 5.23. The second kappa shape index (κ2) is 8.14. The van der Waals surface area contributed by atoms with E-state index in [4.69, 9.17) is 4.74 Å². The zero-order valence-corrected chi connectivity index (χ0v) is 13.3. The van der Waals surface area contributed by atoms with Gasteiger partial charge in [0.1, 0.15) is 0 Å². The summed E-state index contributed by atoms with van der Waals surface area (Å²) >= 11 is 0. The topological polar surface area (TPSA) is 72.5 Å². The molecular formula is C18H15F2NO4. The van der Waals surface area contributed by atoms with Crippen LogP contribution in [0.25, 0.3) is 0 Å². The number of nitrogens with one attached hydrogen (secondary N) is 1. The van der Waals surface area contributed by atoms with Crippen LogP contribution >= 0.6 is 0 Å². The molecule has 0 saturated carbocycles. The fourth-order valence-corrected chi connectivity index (χ4v) is 1.95. The highest BCUT2D eigenvalue weighted by Gasteiger charge is 2.13. The van der Waals surface area contributed by atoms with E-state index in [9.17, 15) is 23.2 Å². The molecule has 0 radical (unpaired) electrons. The van der Waals surface area contributed by atoms with Crippen molar-refractivity contribution in [1.82, 2.24) is 5.32 Å². The monoisotopic (exact) mass is 347 g/mol. The lowest BCUT2D eigenvalue weighted by molar-refractivity contribution is -0.119. The number of benzene rings is 2. The van der Waals surface area contributed by atoms with Crippen molar-refractivity contribution in [1.29, 1.82) is 0 Å². The minimum Gasteiger partial charge on any atom is -0.454 e. The molecule has 5 nitrogen and oxygen atoms in total.